The number of aromatic nitrogens is 1. The zero-order valence-corrected chi connectivity index (χ0v) is 13.2. The predicted molar refractivity (Wildman–Crippen MR) is 94.7 cm³/mol. The second-order valence-corrected chi connectivity index (χ2v) is 5.84. The highest BCUT2D eigenvalue weighted by Crippen LogP contribution is 2.31. The van der Waals surface area contributed by atoms with E-state index in [9.17, 15) is 5.26 Å². The maximum Gasteiger partial charge on any atom is 0.103 e. The van der Waals surface area contributed by atoms with Crippen molar-refractivity contribution in [1.29, 1.82) is 5.26 Å². The summed E-state index contributed by atoms with van der Waals surface area (Å²) < 4.78 is 0. The second-order valence-electron chi connectivity index (χ2n) is 5.84. The number of benzene rings is 2. The minimum atomic E-state index is 0.442. The Hall–Kier alpha value is -3.06. The van der Waals surface area contributed by atoms with E-state index in [4.69, 9.17) is 5.73 Å². The van der Waals surface area contributed by atoms with Crippen LogP contribution in [0.4, 0.5) is 17.1 Å². The number of nitrogens with two attached hydrogens (primary N) is 1. The van der Waals surface area contributed by atoms with E-state index >= 15 is 0 Å². The Morgan fingerprint density at radius 2 is 2.00 bits per heavy atom. The Morgan fingerprint density at radius 3 is 2.74 bits per heavy atom. The van der Waals surface area contributed by atoms with Crippen molar-refractivity contribution in [2.75, 3.05) is 11.1 Å². The van der Waals surface area contributed by atoms with Gasteiger partial charge < -0.3 is 11.1 Å². The quantitative estimate of drug-likeness (QED) is 0.696. The monoisotopic (exact) mass is 302 g/mol. The summed E-state index contributed by atoms with van der Waals surface area (Å²) in [7, 11) is 0. The fourth-order valence-electron chi connectivity index (χ4n) is 2.55. The first-order chi connectivity index (χ1) is 11.1. The zero-order chi connectivity index (χ0) is 16.4. The summed E-state index contributed by atoms with van der Waals surface area (Å²) in [6, 6.07) is 15.9. The van der Waals surface area contributed by atoms with E-state index in [1.54, 1.807) is 6.20 Å². The molecule has 3 rings (SSSR count). The number of anilines is 3. The molecule has 0 aliphatic carbocycles. The van der Waals surface area contributed by atoms with Crippen LogP contribution in [0, 0.1) is 11.3 Å². The van der Waals surface area contributed by atoms with Crippen LogP contribution in [0.15, 0.2) is 48.7 Å². The van der Waals surface area contributed by atoms with Crippen molar-refractivity contribution in [1.82, 2.24) is 4.98 Å². The molecular weight excluding hydrogens is 284 g/mol. The standard InChI is InChI=1S/C19H18N4/c1-12(2)13-4-3-5-16(8-13)23-19-14(10-20)11-22-18-7-6-15(21)9-17(18)19/h3-9,11-12H,21H2,1-2H3,(H,22,23). The lowest BCUT2D eigenvalue weighted by Crippen LogP contribution is -1.98. The van der Waals surface area contributed by atoms with Gasteiger partial charge in [0.25, 0.3) is 0 Å². The first-order valence-corrected chi connectivity index (χ1v) is 7.54. The minimum Gasteiger partial charge on any atom is -0.399 e. The molecule has 0 atom stereocenters. The smallest absolute Gasteiger partial charge is 0.103 e. The van der Waals surface area contributed by atoms with Gasteiger partial charge in [-0.25, -0.2) is 0 Å². The average molecular weight is 302 g/mol. The number of nitrogen functional groups attached to an aromatic ring is 1. The van der Waals surface area contributed by atoms with E-state index in [2.05, 4.69) is 42.4 Å². The molecule has 114 valence electrons. The summed E-state index contributed by atoms with van der Waals surface area (Å²) >= 11 is 0. The molecule has 0 radical (unpaired) electrons. The zero-order valence-electron chi connectivity index (χ0n) is 13.2. The van der Waals surface area contributed by atoms with Crippen LogP contribution in [0.3, 0.4) is 0 Å². The van der Waals surface area contributed by atoms with Crippen LogP contribution in [-0.2, 0) is 0 Å². The van der Waals surface area contributed by atoms with E-state index in [0.29, 0.717) is 17.2 Å². The number of rotatable bonds is 3. The molecule has 23 heavy (non-hydrogen) atoms. The molecule has 1 aromatic heterocycles. The Balaban J connectivity index is 2.13. The second kappa shape index (κ2) is 5.98. The molecule has 4 heteroatoms. The van der Waals surface area contributed by atoms with Gasteiger partial charge in [-0.3, -0.25) is 4.98 Å². The topological polar surface area (TPSA) is 74.7 Å². The van der Waals surface area contributed by atoms with Crippen molar-refractivity contribution < 1.29 is 0 Å². The highest BCUT2D eigenvalue weighted by atomic mass is 14.9. The molecule has 0 saturated carbocycles. The first kappa shape index (κ1) is 14.9. The molecule has 3 N–H and O–H groups in total. The SMILES string of the molecule is CC(C)c1cccc(Nc2c(C#N)cnc3ccc(N)cc23)c1. The third kappa shape index (κ3) is 2.95. The van der Waals surface area contributed by atoms with Gasteiger partial charge in [-0.2, -0.15) is 5.26 Å². The molecule has 0 unspecified atom stereocenters. The first-order valence-electron chi connectivity index (χ1n) is 7.54. The molecule has 4 nitrogen and oxygen atoms in total. The fourth-order valence-corrected chi connectivity index (χ4v) is 2.55. The summed E-state index contributed by atoms with van der Waals surface area (Å²) in [5, 5.41) is 13.6. The predicted octanol–water partition coefficient (Wildman–Crippen LogP) is 4.56. The molecular formula is C19H18N4. The van der Waals surface area contributed by atoms with Crippen molar-refractivity contribution in [3.05, 3.63) is 59.8 Å². The molecule has 2 aromatic carbocycles. The molecule has 0 saturated heterocycles. The third-order valence-corrected chi connectivity index (χ3v) is 3.84. The summed E-state index contributed by atoms with van der Waals surface area (Å²) in [5.74, 6) is 0.442. The molecule has 0 spiro atoms. The van der Waals surface area contributed by atoms with Crippen molar-refractivity contribution in [3.63, 3.8) is 0 Å². The van der Waals surface area contributed by atoms with Gasteiger partial charge in [0.2, 0.25) is 0 Å². The number of nitrogens with zero attached hydrogens (tertiary/aromatic N) is 2. The third-order valence-electron chi connectivity index (χ3n) is 3.84. The highest BCUT2D eigenvalue weighted by molar-refractivity contribution is 5.97. The average Bonchev–Trinajstić information content (AvgIpc) is 2.55. The fraction of sp³-hybridized carbons (Fsp3) is 0.158. The number of nitriles is 1. The number of nitrogens with one attached hydrogen (secondary N) is 1. The van der Waals surface area contributed by atoms with E-state index in [1.807, 2.05) is 30.3 Å². The van der Waals surface area contributed by atoms with Crippen molar-refractivity contribution in [2.24, 2.45) is 0 Å². The van der Waals surface area contributed by atoms with Crippen LogP contribution in [-0.4, -0.2) is 4.98 Å². The van der Waals surface area contributed by atoms with Gasteiger partial charge in [0.15, 0.2) is 0 Å². The van der Waals surface area contributed by atoms with Gasteiger partial charge in [0.1, 0.15) is 6.07 Å². The maximum absolute atomic E-state index is 9.41. The van der Waals surface area contributed by atoms with Gasteiger partial charge in [-0.15, -0.1) is 0 Å². The van der Waals surface area contributed by atoms with Gasteiger partial charge >= 0.3 is 0 Å². The Morgan fingerprint density at radius 1 is 1.17 bits per heavy atom. The number of hydrogen-bond donors (Lipinski definition) is 2. The molecule has 1 heterocycles. The Bertz CT molecular complexity index is 907. The van der Waals surface area contributed by atoms with Crippen LogP contribution in [0.2, 0.25) is 0 Å². The van der Waals surface area contributed by atoms with Gasteiger partial charge in [0, 0.05) is 23.0 Å². The van der Waals surface area contributed by atoms with Crippen molar-refractivity contribution in [2.45, 2.75) is 19.8 Å². The summed E-state index contributed by atoms with van der Waals surface area (Å²) in [4.78, 5) is 4.32. The normalized spacial score (nSPS) is 10.7. The lowest BCUT2D eigenvalue weighted by molar-refractivity contribution is 0.867. The van der Waals surface area contributed by atoms with Crippen molar-refractivity contribution in [3.8, 4) is 6.07 Å². The van der Waals surface area contributed by atoms with E-state index < -0.39 is 0 Å². The highest BCUT2D eigenvalue weighted by Gasteiger charge is 2.10. The van der Waals surface area contributed by atoms with Crippen LogP contribution in [0.1, 0.15) is 30.9 Å². The van der Waals surface area contributed by atoms with Crippen LogP contribution < -0.4 is 11.1 Å². The lowest BCUT2D eigenvalue weighted by Gasteiger charge is -2.14. The Labute approximate surface area is 135 Å². The van der Waals surface area contributed by atoms with Gasteiger partial charge in [-0.05, 0) is 41.8 Å². The molecule has 0 fully saturated rings. The summed E-state index contributed by atoms with van der Waals surface area (Å²) in [6.07, 6.45) is 1.59. The van der Waals surface area contributed by atoms with Crippen LogP contribution in [0.25, 0.3) is 10.9 Å². The molecule has 0 bridgehead atoms. The molecule has 0 aliphatic heterocycles. The lowest BCUT2D eigenvalue weighted by atomic mass is 10.0. The Kier molecular flexibility index (Phi) is 3.86. The van der Waals surface area contributed by atoms with E-state index in [-0.39, 0.29) is 0 Å². The molecule has 0 aliphatic rings. The van der Waals surface area contributed by atoms with E-state index in [0.717, 1.165) is 22.3 Å². The summed E-state index contributed by atoms with van der Waals surface area (Å²) in [5.41, 5.74) is 10.8. The van der Waals surface area contributed by atoms with Gasteiger partial charge in [0.05, 0.1) is 16.8 Å². The molecule has 3 aromatic rings. The van der Waals surface area contributed by atoms with Crippen LogP contribution >= 0.6 is 0 Å². The van der Waals surface area contributed by atoms with Crippen LogP contribution in [0.5, 0.6) is 0 Å². The largest absolute Gasteiger partial charge is 0.399 e. The molecule has 0 amide bonds. The number of hydrogen-bond acceptors (Lipinski definition) is 4. The van der Waals surface area contributed by atoms with Crippen molar-refractivity contribution >= 4 is 28.0 Å². The number of fused-ring (bicyclic) bond motifs is 1. The minimum absolute atomic E-state index is 0.442. The number of pyridine rings is 1. The summed E-state index contributed by atoms with van der Waals surface area (Å²) in [6.45, 7) is 4.31. The van der Waals surface area contributed by atoms with E-state index in [1.165, 1.54) is 5.56 Å². The van der Waals surface area contributed by atoms with Gasteiger partial charge in [-0.1, -0.05) is 26.0 Å². The maximum atomic E-state index is 9.41.